The van der Waals surface area contributed by atoms with Crippen molar-refractivity contribution >= 4 is 16.9 Å². The van der Waals surface area contributed by atoms with E-state index in [4.69, 9.17) is 4.42 Å². The summed E-state index contributed by atoms with van der Waals surface area (Å²) in [5.41, 5.74) is 1.98. The number of carbonyl (C=O) groups excluding carboxylic acids is 1. The molecule has 0 spiro atoms. The van der Waals surface area contributed by atoms with Crippen LogP contribution in [0.2, 0.25) is 0 Å². The van der Waals surface area contributed by atoms with E-state index in [1.54, 1.807) is 25.1 Å². The Balaban J connectivity index is 1.76. The summed E-state index contributed by atoms with van der Waals surface area (Å²) in [7, 11) is 0. The van der Waals surface area contributed by atoms with Gasteiger partial charge in [0.25, 0.3) is 5.91 Å². The fourth-order valence-corrected chi connectivity index (χ4v) is 3.60. The van der Waals surface area contributed by atoms with Gasteiger partial charge in [-0.2, -0.15) is 0 Å². The summed E-state index contributed by atoms with van der Waals surface area (Å²) >= 11 is 0. The lowest BCUT2D eigenvalue weighted by molar-refractivity contribution is 0.0951. The normalized spacial score (nSPS) is 16.6. The minimum absolute atomic E-state index is 0.109. The quantitative estimate of drug-likeness (QED) is 0.747. The molecule has 5 heteroatoms. The zero-order chi connectivity index (χ0) is 18.8. The third kappa shape index (κ3) is 3.38. The van der Waals surface area contributed by atoms with Crippen LogP contribution in [0, 0.1) is 6.92 Å². The highest BCUT2D eigenvalue weighted by molar-refractivity contribution is 6.05. The van der Waals surface area contributed by atoms with Crippen LogP contribution in [0.1, 0.15) is 28.8 Å². The molecule has 1 fully saturated rings. The number of carbonyl (C=O) groups is 1. The van der Waals surface area contributed by atoms with Crippen molar-refractivity contribution in [2.75, 3.05) is 13.1 Å². The van der Waals surface area contributed by atoms with Crippen LogP contribution in [0.25, 0.3) is 22.3 Å². The molecule has 0 aliphatic carbocycles. The Labute approximate surface area is 157 Å². The number of benzene rings is 2. The van der Waals surface area contributed by atoms with E-state index in [1.807, 2.05) is 30.3 Å². The molecule has 1 unspecified atom stereocenters. The topological polar surface area (TPSA) is 71.3 Å². The average molecular weight is 362 g/mol. The molecule has 2 heterocycles. The van der Waals surface area contributed by atoms with Gasteiger partial charge in [0, 0.05) is 23.7 Å². The van der Waals surface area contributed by atoms with Gasteiger partial charge in [0.15, 0.2) is 11.0 Å². The molecule has 3 aromatic rings. The second-order valence-electron chi connectivity index (χ2n) is 6.94. The van der Waals surface area contributed by atoms with Crippen LogP contribution in [0.4, 0.5) is 0 Å². The summed E-state index contributed by atoms with van der Waals surface area (Å²) in [4.78, 5) is 25.6. The van der Waals surface area contributed by atoms with Crippen LogP contribution in [-0.2, 0) is 0 Å². The molecular formula is C22H22N2O3. The Morgan fingerprint density at radius 2 is 2.00 bits per heavy atom. The maximum Gasteiger partial charge on any atom is 0.255 e. The van der Waals surface area contributed by atoms with Crippen LogP contribution >= 0.6 is 0 Å². The average Bonchev–Trinajstić information content (AvgIpc) is 3.23. The Morgan fingerprint density at radius 1 is 1.19 bits per heavy atom. The Morgan fingerprint density at radius 3 is 2.74 bits per heavy atom. The monoisotopic (exact) mass is 362 g/mol. The van der Waals surface area contributed by atoms with Crippen molar-refractivity contribution in [1.29, 1.82) is 0 Å². The van der Waals surface area contributed by atoms with E-state index < -0.39 is 0 Å². The van der Waals surface area contributed by atoms with Crippen LogP contribution in [0.5, 0.6) is 0 Å². The third-order valence-electron chi connectivity index (χ3n) is 5.10. The molecule has 0 radical (unpaired) electrons. The lowest BCUT2D eigenvalue weighted by Gasteiger charge is -2.13. The second-order valence-corrected chi connectivity index (χ2v) is 6.94. The molecule has 1 aromatic heterocycles. The minimum Gasteiger partial charge on any atom is -0.455 e. The number of amides is 1. The van der Waals surface area contributed by atoms with Gasteiger partial charge in [-0.15, -0.1) is 0 Å². The molecule has 0 saturated carbocycles. The highest BCUT2D eigenvalue weighted by Crippen LogP contribution is 2.27. The smallest absolute Gasteiger partial charge is 0.255 e. The number of rotatable bonds is 4. The fraction of sp³-hybridized carbons (Fsp3) is 0.273. The van der Waals surface area contributed by atoms with E-state index in [0.29, 0.717) is 40.4 Å². The second kappa shape index (κ2) is 7.37. The van der Waals surface area contributed by atoms with E-state index in [0.717, 1.165) is 24.9 Å². The van der Waals surface area contributed by atoms with Gasteiger partial charge in [0.2, 0.25) is 0 Å². The van der Waals surface area contributed by atoms with Crippen LogP contribution < -0.4 is 16.1 Å². The van der Waals surface area contributed by atoms with E-state index in [-0.39, 0.29) is 11.3 Å². The lowest BCUT2D eigenvalue weighted by Crippen LogP contribution is -2.37. The summed E-state index contributed by atoms with van der Waals surface area (Å²) in [5.74, 6) is 0.283. The van der Waals surface area contributed by atoms with Crippen molar-refractivity contribution in [3.63, 3.8) is 0 Å². The van der Waals surface area contributed by atoms with Gasteiger partial charge in [-0.1, -0.05) is 36.4 Å². The van der Waals surface area contributed by atoms with Gasteiger partial charge in [0.05, 0.1) is 10.9 Å². The van der Waals surface area contributed by atoms with Crippen molar-refractivity contribution in [1.82, 2.24) is 10.6 Å². The largest absolute Gasteiger partial charge is 0.455 e. The first kappa shape index (κ1) is 17.5. The molecule has 138 valence electrons. The standard InChI is InChI=1S/C22H22N2O3/c1-14-19(25)17-10-5-11-18(22(26)24-13-16-9-6-12-23-16)21(17)27-20(14)15-7-3-2-4-8-15/h2-5,7-8,10-11,16,23H,6,9,12-13H2,1H3,(H,24,26). The summed E-state index contributed by atoms with van der Waals surface area (Å²) in [5, 5.41) is 6.75. The molecule has 0 bridgehead atoms. The van der Waals surface area contributed by atoms with Gasteiger partial charge in [-0.05, 0) is 38.4 Å². The molecule has 2 N–H and O–H groups in total. The molecular weight excluding hydrogens is 340 g/mol. The first-order valence-corrected chi connectivity index (χ1v) is 9.28. The molecule has 1 saturated heterocycles. The maximum absolute atomic E-state index is 12.9. The zero-order valence-corrected chi connectivity index (χ0v) is 15.2. The van der Waals surface area contributed by atoms with Gasteiger partial charge < -0.3 is 15.1 Å². The summed E-state index contributed by atoms with van der Waals surface area (Å²) in [6, 6.07) is 14.9. The summed E-state index contributed by atoms with van der Waals surface area (Å²) < 4.78 is 6.11. The fourth-order valence-electron chi connectivity index (χ4n) is 3.60. The maximum atomic E-state index is 12.9. The van der Waals surface area contributed by atoms with E-state index in [9.17, 15) is 9.59 Å². The van der Waals surface area contributed by atoms with Gasteiger partial charge >= 0.3 is 0 Å². The van der Waals surface area contributed by atoms with Gasteiger partial charge in [-0.3, -0.25) is 9.59 Å². The number of hydrogen-bond donors (Lipinski definition) is 2. The molecule has 5 nitrogen and oxygen atoms in total. The van der Waals surface area contributed by atoms with Gasteiger partial charge in [-0.25, -0.2) is 0 Å². The predicted octanol–water partition coefficient (Wildman–Crippen LogP) is 3.25. The van der Waals surface area contributed by atoms with Crippen molar-refractivity contribution in [2.24, 2.45) is 0 Å². The molecule has 2 aromatic carbocycles. The van der Waals surface area contributed by atoms with E-state index >= 15 is 0 Å². The number of para-hydroxylation sites is 1. The van der Waals surface area contributed by atoms with E-state index in [2.05, 4.69) is 10.6 Å². The minimum atomic E-state index is -0.222. The molecule has 1 atom stereocenters. The van der Waals surface area contributed by atoms with Crippen molar-refractivity contribution in [2.45, 2.75) is 25.8 Å². The predicted molar refractivity (Wildman–Crippen MR) is 106 cm³/mol. The summed E-state index contributed by atoms with van der Waals surface area (Å²) in [6.45, 7) is 3.31. The van der Waals surface area contributed by atoms with Crippen molar-refractivity contribution in [3.05, 3.63) is 69.9 Å². The number of hydrogen-bond acceptors (Lipinski definition) is 4. The van der Waals surface area contributed by atoms with Crippen molar-refractivity contribution in [3.8, 4) is 11.3 Å². The molecule has 4 rings (SSSR count). The lowest BCUT2D eigenvalue weighted by atomic mass is 10.0. The Hall–Kier alpha value is -2.92. The van der Waals surface area contributed by atoms with Gasteiger partial charge in [0.1, 0.15) is 5.76 Å². The molecule has 1 aliphatic rings. The van der Waals surface area contributed by atoms with Crippen molar-refractivity contribution < 1.29 is 9.21 Å². The molecule has 27 heavy (non-hydrogen) atoms. The highest BCUT2D eigenvalue weighted by atomic mass is 16.3. The number of nitrogens with one attached hydrogen (secondary N) is 2. The van der Waals surface area contributed by atoms with E-state index in [1.165, 1.54) is 0 Å². The van der Waals surface area contributed by atoms with Crippen LogP contribution in [0.15, 0.2) is 57.7 Å². The first-order valence-electron chi connectivity index (χ1n) is 9.28. The number of fused-ring (bicyclic) bond motifs is 1. The Bertz CT molecular complexity index is 1030. The van der Waals surface area contributed by atoms with Crippen LogP contribution in [0.3, 0.4) is 0 Å². The molecule has 1 amide bonds. The SMILES string of the molecule is Cc1c(-c2ccccc2)oc2c(C(=O)NCC3CCCN3)cccc2c1=O. The molecule has 1 aliphatic heterocycles. The Kier molecular flexibility index (Phi) is 4.77. The van der Waals surface area contributed by atoms with Crippen LogP contribution in [-0.4, -0.2) is 25.0 Å². The third-order valence-corrected chi connectivity index (χ3v) is 5.10. The highest BCUT2D eigenvalue weighted by Gasteiger charge is 2.20. The summed E-state index contributed by atoms with van der Waals surface area (Å²) in [6.07, 6.45) is 2.19. The first-order chi connectivity index (χ1) is 13.1. The zero-order valence-electron chi connectivity index (χ0n) is 15.2.